The number of hydrogen-bond acceptors (Lipinski definition) is 5. The van der Waals surface area contributed by atoms with Gasteiger partial charge in [0.15, 0.2) is 5.13 Å². The van der Waals surface area contributed by atoms with Gasteiger partial charge in [-0.15, -0.1) is 0 Å². The van der Waals surface area contributed by atoms with Crippen molar-refractivity contribution in [2.45, 2.75) is 19.8 Å². The van der Waals surface area contributed by atoms with Crippen molar-refractivity contribution in [3.63, 3.8) is 0 Å². The largest absolute Gasteiger partial charge is 0.497 e. The van der Waals surface area contributed by atoms with Crippen LogP contribution in [0.3, 0.4) is 0 Å². The van der Waals surface area contributed by atoms with Crippen LogP contribution in [0, 0.1) is 6.92 Å². The second-order valence-electron chi connectivity index (χ2n) is 6.52. The van der Waals surface area contributed by atoms with E-state index in [9.17, 15) is 4.79 Å². The van der Waals surface area contributed by atoms with Crippen LogP contribution in [0.4, 0.5) is 10.8 Å². The van der Waals surface area contributed by atoms with Crippen LogP contribution >= 0.6 is 11.3 Å². The zero-order valence-corrected chi connectivity index (χ0v) is 15.7. The number of thiazole rings is 1. The third-order valence-electron chi connectivity index (χ3n) is 4.66. The lowest BCUT2D eigenvalue weighted by atomic mass is 10.1. The molecule has 3 aromatic rings. The topological polar surface area (TPSA) is 54.5 Å². The number of anilines is 2. The van der Waals surface area contributed by atoms with Crippen LogP contribution in [0.5, 0.6) is 5.75 Å². The number of carbonyl (C=O) groups is 1. The fraction of sp³-hybridized carbons (Fsp3) is 0.300. The van der Waals surface area contributed by atoms with Crippen LogP contribution in [0.1, 0.15) is 28.8 Å². The van der Waals surface area contributed by atoms with Gasteiger partial charge in [-0.05, 0) is 50.1 Å². The van der Waals surface area contributed by atoms with Gasteiger partial charge in [0.25, 0.3) is 5.91 Å². The summed E-state index contributed by atoms with van der Waals surface area (Å²) < 4.78 is 6.24. The number of carbonyl (C=O) groups excluding carboxylic acids is 1. The van der Waals surface area contributed by atoms with Crippen molar-refractivity contribution in [1.82, 2.24) is 4.98 Å². The van der Waals surface area contributed by atoms with Gasteiger partial charge in [0.1, 0.15) is 5.75 Å². The molecule has 0 unspecified atom stereocenters. The first-order valence-corrected chi connectivity index (χ1v) is 9.57. The van der Waals surface area contributed by atoms with Crippen molar-refractivity contribution in [2.24, 2.45) is 0 Å². The van der Waals surface area contributed by atoms with Gasteiger partial charge in [-0.3, -0.25) is 10.1 Å². The molecule has 1 saturated heterocycles. The van der Waals surface area contributed by atoms with Crippen molar-refractivity contribution >= 4 is 38.3 Å². The third-order valence-corrected chi connectivity index (χ3v) is 5.59. The van der Waals surface area contributed by atoms with Crippen molar-refractivity contribution in [1.29, 1.82) is 0 Å². The van der Waals surface area contributed by atoms with Gasteiger partial charge < -0.3 is 9.64 Å². The minimum atomic E-state index is -0.110. The van der Waals surface area contributed by atoms with E-state index in [1.54, 1.807) is 7.11 Å². The molecule has 134 valence electrons. The summed E-state index contributed by atoms with van der Waals surface area (Å²) in [7, 11) is 1.64. The van der Waals surface area contributed by atoms with E-state index in [2.05, 4.69) is 27.3 Å². The summed E-state index contributed by atoms with van der Waals surface area (Å²) in [5, 5.41) is 3.58. The molecule has 5 nitrogen and oxygen atoms in total. The van der Waals surface area contributed by atoms with E-state index in [0.29, 0.717) is 10.7 Å². The number of ether oxygens (including phenoxy) is 1. The Morgan fingerprint density at radius 3 is 2.77 bits per heavy atom. The highest BCUT2D eigenvalue weighted by Crippen LogP contribution is 2.31. The summed E-state index contributed by atoms with van der Waals surface area (Å²) in [6.45, 7) is 4.02. The fourth-order valence-electron chi connectivity index (χ4n) is 3.32. The SMILES string of the molecule is COc1ccc2nc(NC(=O)c3cc(C)ccc3N3CCCC3)sc2c1. The van der Waals surface area contributed by atoms with Crippen LogP contribution in [-0.2, 0) is 0 Å². The molecule has 26 heavy (non-hydrogen) atoms. The Bertz CT molecular complexity index is 961. The lowest BCUT2D eigenvalue weighted by Crippen LogP contribution is -2.23. The van der Waals surface area contributed by atoms with Gasteiger partial charge in [0.05, 0.1) is 22.9 Å². The van der Waals surface area contributed by atoms with E-state index in [-0.39, 0.29) is 5.91 Å². The molecule has 0 saturated carbocycles. The van der Waals surface area contributed by atoms with Gasteiger partial charge in [0.2, 0.25) is 0 Å². The van der Waals surface area contributed by atoms with Crippen LogP contribution in [0.2, 0.25) is 0 Å². The minimum absolute atomic E-state index is 0.110. The third kappa shape index (κ3) is 3.24. The summed E-state index contributed by atoms with van der Waals surface area (Å²) in [6.07, 6.45) is 2.35. The molecule has 6 heteroatoms. The quantitative estimate of drug-likeness (QED) is 0.739. The van der Waals surface area contributed by atoms with E-state index in [0.717, 1.165) is 40.3 Å². The summed E-state index contributed by atoms with van der Waals surface area (Å²) in [5.41, 5.74) is 3.65. The molecular formula is C20H21N3O2S. The Hall–Kier alpha value is -2.60. The highest BCUT2D eigenvalue weighted by atomic mass is 32.1. The number of rotatable bonds is 4. The average molecular weight is 367 g/mol. The molecule has 4 rings (SSSR count). The molecule has 1 fully saturated rings. The monoisotopic (exact) mass is 367 g/mol. The maximum absolute atomic E-state index is 12.9. The van der Waals surface area contributed by atoms with Crippen molar-refractivity contribution < 1.29 is 9.53 Å². The first-order valence-electron chi connectivity index (χ1n) is 8.75. The van der Waals surface area contributed by atoms with E-state index < -0.39 is 0 Å². The van der Waals surface area contributed by atoms with Gasteiger partial charge in [0, 0.05) is 18.8 Å². The van der Waals surface area contributed by atoms with Crippen LogP contribution in [0.15, 0.2) is 36.4 Å². The number of methoxy groups -OCH3 is 1. The highest BCUT2D eigenvalue weighted by Gasteiger charge is 2.20. The number of nitrogens with zero attached hydrogens (tertiary/aromatic N) is 2. The number of fused-ring (bicyclic) bond motifs is 1. The molecule has 1 N–H and O–H groups in total. The van der Waals surface area contributed by atoms with Gasteiger partial charge >= 0.3 is 0 Å². The summed E-state index contributed by atoms with van der Waals surface area (Å²) in [6, 6.07) is 11.8. The standard InChI is InChI=1S/C20H21N3O2S/c1-13-5-8-17(23-9-3-4-10-23)15(11-13)19(24)22-20-21-16-7-6-14(25-2)12-18(16)26-20/h5-8,11-12H,3-4,9-10H2,1-2H3,(H,21,22,24). The average Bonchev–Trinajstić information content (AvgIpc) is 3.30. The van der Waals surface area contributed by atoms with Crippen molar-refractivity contribution in [3.8, 4) is 5.75 Å². The Balaban J connectivity index is 1.63. The smallest absolute Gasteiger partial charge is 0.259 e. The van der Waals surface area contributed by atoms with E-state index >= 15 is 0 Å². The number of amides is 1. The summed E-state index contributed by atoms with van der Waals surface area (Å²) in [5.74, 6) is 0.677. The Morgan fingerprint density at radius 2 is 2.00 bits per heavy atom. The van der Waals surface area contributed by atoms with E-state index in [4.69, 9.17) is 4.74 Å². The molecular weight excluding hydrogens is 346 g/mol. The van der Waals surface area contributed by atoms with Gasteiger partial charge in [-0.2, -0.15) is 0 Å². The second-order valence-corrected chi connectivity index (χ2v) is 7.55. The lowest BCUT2D eigenvalue weighted by Gasteiger charge is -2.21. The molecule has 1 aliphatic rings. The number of nitrogens with one attached hydrogen (secondary N) is 1. The second kappa shape index (κ2) is 6.96. The molecule has 0 radical (unpaired) electrons. The molecule has 0 bridgehead atoms. The maximum atomic E-state index is 12.9. The van der Waals surface area contributed by atoms with E-state index in [1.165, 1.54) is 24.2 Å². The predicted molar refractivity (Wildman–Crippen MR) is 107 cm³/mol. The molecule has 0 aliphatic carbocycles. The molecule has 0 spiro atoms. The molecule has 1 aliphatic heterocycles. The van der Waals surface area contributed by atoms with Crippen molar-refractivity contribution in [2.75, 3.05) is 30.4 Å². The molecule has 0 atom stereocenters. The van der Waals surface area contributed by atoms with Crippen LogP contribution in [0.25, 0.3) is 10.2 Å². The molecule has 1 aromatic heterocycles. The number of aryl methyl sites for hydroxylation is 1. The van der Waals surface area contributed by atoms with E-state index in [1.807, 2.05) is 31.2 Å². The van der Waals surface area contributed by atoms with Gasteiger partial charge in [-0.1, -0.05) is 23.0 Å². The molecule has 2 heterocycles. The summed E-state index contributed by atoms with van der Waals surface area (Å²) in [4.78, 5) is 19.8. The molecule has 2 aromatic carbocycles. The Kier molecular flexibility index (Phi) is 4.51. The predicted octanol–water partition coefficient (Wildman–Crippen LogP) is 4.47. The first kappa shape index (κ1) is 16.8. The first-order chi connectivity index (χ1) is 12.6. The summed E-state index contributed by atoms with van der Waals surface area (Å²) >= 11 is 1.46. The van der Waals surface area contributed by atoms with Crippen LogP contribution in [-0.4, -0.2) is 31.1 Å². The normalized spacial score (nSPS) is 14.0. The Morgan fingerprint density at radius 1 is 1.19 bits per heavy atom. The zero-order valence-electron chi connectivity index (χ0n) is 14.9. The minimum Gasteiger partial charge on any atom is -0.497 e. The highest BCUT2D eigenvalue weighted by molar-refractivity contribution is 7.22. The number of aromatic nitrogens is 1. The zero-order chi connectivity index (χ0) is 18.1. The Labute approximate surface area is 156 Å². The maximum Gasteiger partial charge on any atom is 0.259 e. The number of hydrogen-bond donors (Lipinski definition) is 1. The van der Waals surface area contributed by atoms with Gasteiger partial charge in [-0.25, -0.2) is 4.98 Å². The number of benzene rings is 2. The molecule has 1 amide bonds. The lowest BCUT2D eigenvalue weighted by molar-refractivity contribution is 0.102. The fourth-order valence-corrected chi connectivity index (χ4v) is 4.20. The van der Waals surface area contributed by atoms with Crippen LogP contribution < -0.4 is 15.0 Å². The van der Waals surface area contributed by atoms with Crippen molar-refractivity contribution in [3.05, 3.63) is 47.5 Å².